The summed E-state index contributed by atoms with van der Waals surface area (Å²) in [6, 6.07) is 3.81. The molecule has 0 spiro atoms. The molecule has 0 unspecified atom stereocenters. The molecule has 0 aliphatic heterocycles. The van der Waals surface area contributed by atoms with Crippen molar-refractivity contribution in [1.29, 1.82) is 0 Å². The topological polar surface area (TPSA) is 64.7 Å². The van der Waals surface area contributed by atoms with Gasteiger partial charge >= 0.3 is 0 Å². The van der Waals surface area contributed by atoms with Crippen LogP contribution in [0.4, 0.5) is 5.82 Å². The Hall–Kier alpha value is -1.97. The monoisotopic (exact) mass is 186 g/mol. The van der Waals surface area contributed by atoms with Crippen LogP contribution in [-0.2, 0) is 0 Å². The first-order valence-corrected chi connectivity index (χ1v) is 4.26. The lowest BCUT2D eigenvalue weighted by Crippen LogP contribution is -1.98. The number of pyridine rings is 1. The molecule has 0 amide bonds. The third-order valence-corrected chi connectivity index (χ3v) is 2.06. The van der Waals surface area contributed by atoms with Crippen molar-refractivity contribution < 1.29 is 0 Å². The van der Waals surface area contributed by atoms with E-state index >= 15 is 0 Å². The van der Waals surface area contributed by atoms with Gasteiger partial charge in [0.05, 0.1) is 5.69 Å². The van der Waals surface area contributed by atoms with E-state index in [1.165, 1.54) is 6.33 Å². The molecule has 70 valence electrons. The zero-order chi connectivity index (χ0) is 9.97. The summed E-state index contributed by atoms with van der Waals surface area (Å²) in [4.78, 5) is 12.1. The van der Waals surface area contributed by atoms with Crippen LogP contribution in [-0.4, -0.2) is 15.0 Å². The molecule has 0 fully saturated rings. The van der Waals surface area contributed by atoms with Gasteiger partial charge in [-0.25, -0.2) is 9.97 Å². The Kier molecular flexibility index (Phi) is 2.10. The summed E-state index contributed by atoms with van der Waals surface area (Å²) in [6.45, 7) is 1.90. The van der Waals surface area contributed by atoms with E-state index in [9.17, 15) is 0 Å². The predicted molar refractivity (Wildman–Crippen MR) is 54.4 cm³/mol. The smallest absolute Gasteiger partial charge is 0.130 e. The minimum Gasteiger partial charge on any atom is -0.383 e. The quantitative estimate of drug-likeness (QED) is 0.731. The van der Waals surface area contributed by atoms with Gasteiger partial charge in [0.2, 0.25) is 0 Å². The van der Waals surface area contributed by atoms with Crippen LogP contribution in [0.5, 0.6) is 0 Å². The van der Waals surface area contributed by atoms with Crippen LogP contribution in [0.3, 0.4) is 0 Å². The van der Waals surface area contributed by atoms with Crippen molar-refractivity contribution in [3.63, 3.8) is 0 Å². The first-order valence-electron chi connectivity index (χ1n) is 4.26. The van der Waals surface area contributed by atoms with Crippen molar-refractivity contribution >= 4 is 5.82 Å². The largest absolute Gasteiger partial charge is 0.383 e. The summed E-state index contributed by atoms with van der Waals surface area (Å²) in [5, 5.41) is 0. The molecule has 4 heteroatoms. The Balaban J connectivity index is 2.58. The zero-order valence-corrected chi connectivity index (χ0v) is 7.81. The van der Waals surface area contributed by atoms with Crippen molar-refractivity contribution in [1.82, 2.24) is 15.0 Å². The second kappa shape index (κ2) is 3.41. The molecule has 14 heavy (non-hydrogen) atoms. The molecule has 2 aromatic heterocycles. The number of nitrogens with two attached hydrogens (primary N) is 1. The molecule has 0 aliphatic carbocycles. The van der Waals surface area contributed by atoms with Crippen LogP contribution in [0.2, 0.25) is 0 Å². The third-order valence-electron chi connectivity index (χ3n) is 2.06. The number of nitrogens with zero attached hydrogens (tertiary/aromatic N) is 3. The molecule has 0 atom stereocenters. The highest BCUT2D eigenvalue weighted by Gasteiger charge is 2.05. The Morgan fingerprint density at radius 3 is 2.86 bits per heavy atom. The predicted octanol–water partition coefficient (Wildman–Crippen LogP) is 1.43. The molecule has 2 rings (SSSR count). The van der Waals surface area contributed by atoms with Gasteiger partial charge in [0.15, 0.2) is 0 Å². The summed E-state index contributed by atoms with van der Waals surface area (Å²) >= 11 is 0. The van der Waals surface area contributed by atoms with Gasteiger partial charge in [-0.2, -0.15) is 0 Å². The number of hydrogen-bond acceptors (Lipinski definition) is 4. The van der Waals surface area contributed by atoms with Crippen molar-refractivity contribution in [2.75, 3.05) is 5.73 Å². The lowest BCUT2D eigenvalue weighted by Gasteiger charge is -2.05. The molecule has 2 N–H and O–H groups in total. The number of rotatable bonds is 1. The standard InChI is InChI=1S/C10H10N4/c1-7-9(13-6-14-10(7)11)8-3-2-4-12-5-8/h2-6H,1H3,(H2,11,13,14). The molecular weight excluding hydrogens is 176 g/mol. The summed E-state index contributed by atoms with van der Waals surface area (Å²) in [7, 11) is 0. The lowest BCUT2D eigenvalue weighted by atomic mass is 10.1. The number of nitrogen functional groups attached to an aromatic ring is 1. The lowest BCUT2D eigenvalue weighted by molar-refractivity contribution is 1.14. The third kappa shape index (κ3) is 1.42. The minimum atomic E-state index is 0.513. The number of anilines is 1. The summed E-state index contributed by atoms with van der Waals surface area (Å²) in [5.41, 5.74) is 8.37. The average Bonchev–Trinajstić information content (AvgIpc) is 2.23. The molecule has 0 bridgehead atoms. The summed E-state index contributed by atoms with van der Waals surface area (Å²) < 4.78 is 0. The molecule has 2 heterocycles. The van der Waals surface area contributed by atoms with Gasteiger partial charge in [-0.15, -0.1) is 0 Å². The van der Waals surface area contributed by atoms with E-state index in [0.717, 1.165) is 16.8 Å². The molecule has 4 nitrogen and oxygen atoms in total. The van der Waals surface area contributed by atoms with Gasteiger partial charge in [0, 0.05) is 23.5 Å². The van der Waals surface area contributed by atoms with Crippen LogP contribution in [0, 0.1) is 6.92 Å². The minimum absolute atomic E-state index is 0.513. The first kappa shape index (κ1) is 8.62. The van der Waals surface area contributed by atoms with Gasteiger partial charge in [-0.05, 0) is 19.1 Å². The van der Waals surface area contributed by atoms with Crippen LogP contribution in [0.25, 0.3) is 11.3 Å². The van der Waals surface area contributed by atoms with E-state index in [2.05, 4.69) is 15.0 Å². The molecule has 0 aliphatic rings. The maximum Gasteiger partial charge on any atom is 0.130 e. The van der Waals surface area contributed by atoms with E-state index in [4.69, 9.17) is 5.73 Å². The first-order chi connectivity index (χ1) is 6.79. The van der Waals surface area contributed by atoms with Crippen LogP contribution in [0.1, 0.15) is 5.56 Å². The molecule has 0 radical (unpaired) electrons. The van der Waals surface area contributed by atoms with E-state index in [-0.39, 0.29) is 0 Å². The molecule has 0 aromatic carbocycles. The Morgan fingerprint density at radius 2 is 2.14 bits per heavy atom. The van der Waals surface area contributed by atoms with Gasteiger partial charge < -0.3 is 5.73 Å². The number of hydrogen-bond donors (Lipinski definition) is 1. The van der Waals surface area contributed by atoms with E-state index in [0.29, 0.717) is 5.82 Å². The Morgan fingerprint density at radius 1 is 1.29 bits per heavy atom. The van der Waals surface area contributed by atoms with Crippen LogP contribution in [0.15, 0.2) is 30.9 Å². The van der Waals surface area contributed by atoms with E-state index < -0.39 is 0 Å². The fourth-order valence-electron chi connectivity index (χ4n) is 1.26. The zero-order valence-electron chi connectivity index (χ0n) is 7.81. The summed E-state index contributed by atoms with van der Waals surface area (Å²) in [6.07, 6.45) is 4.95. The molecule has 0 saturated heterocycles. The van der Waals surface area contributed by atoms with E-state index in [1.807, 2.05) is 19.1 Å². The van der Waals surface area contributed by atoms with Gasteiger partial charge in [-0.3, -0.25) is 4.98 Å². The average molecular weight is 186 g/mol. The molecular formula is C10H10N4. The second-order valence-electron chi connectivity index (χ2n) is 2.97. The van der Waals surface area contributed by atoms with Gasteiger partial charge in [-0.1, -0.05) is 0 Å². The van der Waals surface area contributed by atoms with Gasteiger partial charge in [0.1, 0.15) is 12.1 Å². The van der Waals surface area contributed by atoms with Gasteiger partial charge in [0.25, 0.3) is 0 Å². The SMILES string of the molecule is Cc1c(N)ncnc1-c1cccnc1. The highest BCUT2D eigenvalue weighted by Crippen LogP contribution is 2.21. The maximum absolute atomic E-state index is 5.69. The Bertz CT molecular complexity index is 439. The maximum atomic E-state index is 5.69. The van der Waals surface area contributed by atoms with Crippen molar-refractivity contribution in [3.8, 4) is 11.3 Å². The van der Waals surface area contributed by atoms with E-state index in [1.54, 1.807) is 12.4 Å². The van der Waals surface area contributed by atoms with Crippen molar-refractivity contribution in [2.24, 2.45) is 0 Å². The second-order valence-corrected chi connectivity index (χ2v) is 2.97. The van der Waals surface area contributed by atoms with Crippen LogP contribution >= 0.6 is 0 Å². The normalized spacial score (nSPS) is 10.1. The van der Waals surface area contributed by atoms with Crippen molar-refractivity contribution in [2.45, 2.75) is 6.92 Å². The fourth-order valence-corrected chi connectivity index (χ4v) is 1.26. The summed E-state index contributed by atoms with van der Waals surface area (Å²) in [5.74, 6) is 0.513. The molecule has 0 saturated carbocycles. The fraction of sp³-hybridized carbons (Fsp3) is 0.100. The Labute approximate surface area is 81.9 Å². The highest BCUT2D eigenvalue weighted by atomic mass is 14.9. The van der Waals surface area contributed by atoms with Crippen LogP contribution < -0.4 is 5.73 Å². The molecule has 2 aromatic rings. The number of aromatic nitrogens is 3. The highest BCUT2D eigenvalue weighted by molar-refractivity contribution is 5.65. The van der Waals surface area contributed by atoms with Crippen molar-refractivity contribution in [3.05, 3.63) is 36.4 Å².